The van der Waals surface area contributed by atoms with Crippen molar-refractivity contribution in [3.8, 4) is 17.6 Å². The lowest BCUT2D eigenvalue weighted by molar-refractivity contribution is 0.408. The van der Waals surface area contributed by atoms with Crippen LogP contribution in [0.3, 0.4) is 0 Å². The van der Waals surface area contributed by atoms with E-state index >= 15 is 0 Å². The minimum absolute atomic E-state index is 0.0329. The van der Waals surface area contributed by atoms with Gasteiger partial charge in [0.25, 0.3) is 0 Å². The molecule has 5 nitrogen and oxygen atoms in total. The highest BCUT2D eigenvalue weighted by atomic mass is 16.5. The van der Waals surface area contributed by atoms with Gasteiger partial charge in [-0.15, -0.1) is 0 Å². The molecule has 25 heavy (non-hydrogen) atoms. The Morgan fingerprint density at radius 2 is 2.00 bits per heavy atom. The second-order valence-corrected chi connectivity index (χ2v) is 6.09. The van der Waals surface area contributed by atoms with Crippen LogP contribution in [0.15, 0.2) is 18.2 Å². The molecule has 0 fully saturated rings. The van der Waals surface area contributed by atoms with E-state index < -0.39 is 0 Å². The standard InChI is InChI=1S/C20H26N4O/c1-5-6-7-15-9-10-16(12-18(15)25-4)13(2)8-11-17-14(3)23-20(22)24-19(17)21/h9-10,12-13H,5-7H2,1-4H3,(H4,21,22,23,24). The molecule has 0 aliphatic heterocycles. The fraction of sp³-hybridized carbons (Fsp3) is 0.400. The van der Waals surface area contributed by atoms with Crippen LogP contribution >= 0.6 is 0 Å². The van der Waals surface area contributed by atoms with Gasteiger partial charge in [0.1, 0.15) is 11.6 Å². The molecule has 1 unspecified atom stereocenters. The Bertz CT molecular complexity index is 782. The summed E-state index contributed by atoms with van der Waals surface area (Å²) >= 11 is 0. The smallest absolute Gasteiger partial charge is 0.222 e. The van der Waals surface area contributed by atoms with E-state index in [0.29, 0.717) is 17.1 Å². The maximum Gasteiger partial charge on any atom is 0.222 e. The highest BCUT2D eigenvalue weighted by Crippen LogP contribution is 2.26. The van der Waals surface area contributed by atoms with Crippen molar-refractivity contribution >= 4 is 11.8 Å². The van der Waals surface area contributed by atoms with Crippen LogP contribution in [0.25, 0.3) is 0 Å². The zero-order valence-corrected chi connectivity index (χ0v) is 15.4. The maximum absolute atomic E-state index is 5.91. The summed E-state index contributed by atoms with van der Waals surface area (Å²) in [6.07, 6.45) is 3.34. The van der Waals surface area contributed by atoms with E-state index in [4.69, 9.17) is 16.2 Å². The SMILES string of the molecule is CCCCc1ccc(C(C)C#Cc2c(C)nc(N)nc2N)cc1OC. The predicted octanol–water partition coefficient (Wildman–Crippen LogP) is 3.46. The van der Waals surface area contributed by atoms with E-state index in [-0.39, 0.29) is 11.9 Å². The Hall–Kier alpha value is -2.74. The van der Waals surface area contributed by atoms with Crippen LogP contribution in [0.4, 0.5) is 11.8 Å². The summed E-state index contributed by atoms with van der Waals surface area (Å²) in [5, 5.41) is 0. The zero-order chi connectivity index (χ0) is 18.4. The monoisotopic (exact) mass is 338 g/mol. The number of unbranched alkanes of at least 4 members (excludes halogenated alkanes) is 1. The summed E-state index contributed by atoms with van der Waals surface area (Å²) in [6.45, 7) is 6.07. The van der Waals surface area contributed by atoms with Crippen molar-refractivity contribution < 1.29 is 4.74 Å². The largest absolute Gasteiger partial charge is 0.496 e. The maximum atomic E-state index is 5.91. The average Bonchev–Trinajstić information content (AvgIpc) is 2.58. The highest BCUT2D eigenvalue weighted by Gasteiger charge is 2.09. The minimum atomic E-state index is 0.0329. The van der Waals surface area contributed by atoms with Gasteiger partial charge in [-0.25, -0.2) is 4.98 Å². The Morgan fingerprint density at radius 1 is 1.24 bits per heavy atom. The van der Waals surface area contributed by atoms with E-state index in [1.165, 1.54) is 5.56 Å². The number of nitrogens with two attached hydrogens (primary N) is 2. The van der Waals surface area contributed by atoms with E-state index in [1.807, 2.05) is 6.92 Å². The summed E-state index contributed by atoms with van der Waals surface area (Å²) in [4.78, 5) is 8.09. The highest BCUT2D eigenvalue weighted by molar-refractivity contribution is 5.56. The molecule has 0 spiro atoms. The molecule has 1 aromatic heterocycles. The molecule has 0 aliphatic rings. The van der Waals surface area contributed by atoms with Crippen molar-refractivity contribution in [1.29, 1.82) is 0 Å². The number of aryl methyl sites for hydroxylation is 2. The van der Waals surface area contributed by atoms with E-state index in [9.17, 15) is 0 Å². The van der Waals surface area contributed by atoms with Crippen molar-refractivity contribution in [3.05, 3.63) is 40.6 Å². The third kappa shape index (κ3) is 4.63. The summed E-state index contributed by atoms with van der Waals surface area (Å²) in [5.74, 6) is 7.76. The first-order valence-electron chi connectivity index (χ1n) is 8.54. The third-order valence-electron chi connectivity index (χ3n) is 4.16. The second kappa shape index (κ2) is 8.39. The number of anilines is 2. The third-order valence-corrected chi connectivity index (χ3v) is 4.16. The fourth-order valence-electron chi connectivity index (χ4n) is 2.64. The van der Waals surface area contributed by atoms with Crippen LogP contribution in [0.5, 0.6) is 5.75 Å². The van der Waals surface area contributed by atoms with Crippen molar-refractivity contribution in [2.45, 2.75) is 46.0 Å². The van der Waals surface area contributed by atoms with Gasteiger partial charge < -0.3 is 16.2 Å². The van der Waals surface area contributed by atoms with Crippen molar-refractivity contribution in [2.75, 3.05) is 18.6 Å². The second-order valence-electron chi connectivity index (χ2n) is 6.09. The van der Waals surface area contributed by atoms with E-state index in [2.05, 4.69) is 53.9 Å². The van der Waals surface area contributed by atoms with Crippen molar-refractivity contribution in [2.24, 2.45) is 0 Å². The van der Waals surface area contributed by atoms with E-state index in [1.54, 1.807) is 7.11 Å². The van der Waals surface area contributed by atoms with Crippen LogP contribution in [0.2, 0.25) is 0 Å². The molecule has 2 aromatic rings. The number of hydrogen-bond donors (Lipinski definition) is 2. The summed E-state index contributed by atoms with van der Waals surface area (Å²) in [7, 11) is 1.71. The first-order valence-corrected chi connectivity index (χ1v) is 8.54. The molecule has 0 radical (unpaired) electrons. The predicted molar refractivity (Wildman–Crippen MR) is 102 cm³/mol. The first kappa shape index (κ1) is 18.6. The van der Waals surface area contributed by atoms with Gasteiger partial charge in [-0.3, -0.25) is 0 Å². The van der Waals surface area contributed by atoms with Gasteiger partial charge in [-0.2, -0.15) is 4.98 Å². The molecule has 4 N–H and O–H groups in total. The Balaban J connectivity index is 2.26. The quantitative estimate of drug-likeness (QED) is 0.815. The molecule has 1 atom stereocenters. The molecule has 0 aliphatic carbocycles. The van der Waals surface area contributed by atoms with Gasteiger partial charge in [-0.05, 0) is 43.9 Å². The molecule has 5 heteroatoms. The Labute approximate surface area is 149 Å². The van der Waals surface area contributed by atoms with Gasteiger partial charge in [0, 0.05) is 5.92 Å². The summed E-state index contributed by atoms with van der Waals surface area (Å²) in [6, 6.07) is 6.32. The van der Waals surface area contributed by atoms with Crippen molar-refractivity contribution in [3.63, 3.8) is 0 Å². The molecule has 0 saturated heterocycles. The van der Waals surface area contributed by atoms with Crippen LogP contribution in [0.1, 0.15) is 55.0 Å². The number of rotatable bonds is 5. The Morgan fingerprint density at radius 3 is 2.64 bits per heavy atom. The van der Waals surface area contributed by atoms with Crippen LogP contribution in [0, 0.1) is 18.8 Å². The fourth-order valence-corrected chi connectivity index (χ4v) is 2.64. The number of aromatic nitrogens is 2. The molecule has 0 bridgehead atoms. The first-order chi connectivity index (χ1) is 12.0. The summed E-state index contributed by atoms with van der Waals surface area (Å²) < 4.78 is 5.55. The van der Waals surface area contributed by atoms with Gasteiger partial charge in [0.2, 0.25) is 5.95 Å². The Kier molecular flexibility index (Phi) is 6.24. The number of nitrogen functional groups attached to an aromatic ring is 2. The summed E-state index contributed by atoms with van der Waals surface area (Å²) in [5.41, 5.74) is 15.2. The lowest BCUT2D eigenvalue weighted by Gasteiger charge is -2.12. The number of methoxy groups -OCH3 is 1. The minimum Gasteiger partial charge on any atom is -0.496 e. The lowest BCUT2D eigenvalue weighted by atomic mass is 9.97. The van der Waals surface area contributed by atoms with Crippen LogP contribution in [-0.2, 0) is 6.42 Å². The zero-order valence-electron chi connectivity index (χ0n) is 15.4. The van der Waals surface area contributed by atoms with Gasteiger partial charge in [-0.1, -0.05) is 37.3 Å². The number of nitrogens with zero attached hydrogens (tertiary/aromatic N) is 2. The number of ether oxygens (including phenoxy) is 1. The molecular weight excluding hydrogens is 312 g/mol. The molecule has 1 heterocycles. The molecule has 0 amide bonds. The van der Waals surface area contributed by atoms with Crippen molar-refractivity contribution in [1.82, 2.24) is 9.97 Å². The molecule has 2 rings (SSSR count). The lowest BCUT2D eigenvalue weighted by Crippen LogP contribution is -2.05. The number of hydrogen-bond acceptors (Lipinski definition) is 5. The van der Waals surface area contributed by atoms with Gasteiger partial charge >= 0.3 is 0 Å². The van der Waals surface area contributed by atoms with Gasteiger partial charge in [0.15, 0.2) is 0 Å². The normalized spacial score (nSPS) is 11.5. The average molecular weight is 338 g/mol. The van der Waals surface area contributed by atoms with Crippen LogP contribution < -0.4 is 16.2 Å². The molecule has 1 aromatic carbocycles. The topological polar surface area (TPSA) is 87.0 Å². The van der Waals surface area contributed by atoms with E-state index in [0.717, 1.165) is 30.6 Å². The molecule has 0 saturated carbocycles. The molecule has 132 valence electrons. The van der Waals surface area contributed by atoms with Crippen LogP contribution in [-0.4, -0.2) is 17.1 Å². The number of benzene rings is 1. The molecular formula is C20H26N4O. The van der Waals surface area contributed by atoms with Gasteiger partial charge in [0.05, 0.1) is 18.4 Å².